The second-order valence-electron chi connectivity index (χ2n) is 11.9. The van der Waals surface area contributed by atoms with Gasteiger partial charge in [0.2, 0.25) is 0 Å². The van der Waals surface area contributed by atoms with Crippen LogP contribution in [0.4, 0.5) is 17.1 Å². The minimum Gasteiger partial charge on any atom is -0.335 e. The molecule has 0 fully saturated rings. The Morgan fingerprint density at radius 1 is 0.452 bits per heavy atom. The fraction of sp³-hybridized carbons (Fsp3) is 0.100. The van der Waals surface area contributed by atoms with Crippen molar-refractivity contribution in [3.8, 4) is 22.3 Å². The summed E-state index contributed by atoms with van der Waals surface area (Å²) in [6, 6.07) is 54.6. The van der Waals surface area contributed by atoms with Crippen LogP contribution in [-0.4, -0.2) is 4.57 Å². The molecule has 0 aliphatic rings. The minimum atomic E-state index is -0.0331. The van der Waals surface area contributed by atoms with E-state index in [2.05, 4.69) is 182 Å². The third kappa shape index (κ3) is 4.55. The van der Waals surface area contributed by atoms with E-state index < -0.39 is 0 Å². The Labute approximate surface area is 248 Å². The first-order valence-electron chi connectivity index (χ1n) is 14.6. The maximum absolute atomic E-state index is 2.47. The molecule has 1 aromatic heterocycles. The maximum Gasteiger partial charge on any atom is 0.0540 e. The second-order valence-corrected chi connectivity index (χ2v) is 11.9. The second kappa shape index (κ2) is 10.4. The van der Waals surface area contributed by atoms with E-state index in [1.54, 1.807) is 0 Å². The van der Waals surface area contributed by atoms with E-state index in [-0.39, 0.29) is 5.54 Å². The smallest absolute Gasteiger partial charge is 0.0540 e. The minimum absolute atomic E-state index is 0.0331. The molecule has 7 aromatic rings. The van der Waals surface area contributed by atoms with Gasteiger partial charge in [-0.15, -0.1) is 0 Å². The summed E-state index contributed by atoms with van der Waals surface area (Å²) < 4.78 is 2.47. The molecule has 6 aromatic carbocycles. The molecule has 1 heterocycles. The van der Waals surface area contributed by atoms with Gasteiger partial charge in [0.1, 0.15) is 0 Å². The van der Waals surface area contributed by atoms with Crippen molar-refractivity contribution in [3.63, 3.8) is 0 Å². The van der Waals surface area contributed by atoms with Gasteiger partial charge in [0, 0.05) is 44.3 Å². The fourth-order valence-electron chi connectivity index (χ4n) is 6.24. The zero-order chi connectivity index (χ0) is 28.7. The molecule has 0 aliphatic carbocycles. The van der Waals surface area contributed by atoms with Crippen molar-refractivity contribution in [1.29, 1.82) is 0 Å². The molecule has 2 nitrogen and oxygen atoms in total. The summed E-state index contributed by atoms with van der Waals surface area (Å²) >= 11 is 0. The lowest BCUT2D eigenvalue weighted by atomic mass is 9.99. The number of rotatable bonds is 5. The van der Waals surface area contributed by atoms with Gasteiger partial charge in [-0.05, 0) is 86.0 Å². The van der Waals surface area contributed by atoms with Crippen molar-refractivity contribution < 1.29 is 0 Å². The van der Waals surface area contributed by atoms with Gasteiger partial charge >= 0.3 is 0 Å². The van der Waals surface area contributed by atoms with Crippen LogP contribution in [0.15, 0.2) is 152 Å². The van der Waals surface area contributed by atoms with Crippen LogP contribution in [0.5, 0.6) is 0 Å². The molecule has 0 amide bonds. The number of para-hydroxylation sites is 3. The zero-order valence-electron chi connectivity index (χ0n) is 24.3. The van der Waals surface area contributed by atoms with Crippen LogP contribution in [0.2, 0.25) is 0 Å². The Kier molecular flexibility index (Phi) is 6.40. The van der Waals surface area contributed by atoms with E-state index in [4.69, 9.17) is 0 Å². The standard InChI is InChI=1S/C40H34N2/c1-40(2,3)42-38-24-13-11-22-35(38)36-28-31(25-26-39(36)42)34-21-10-12-23-37(34)41(32-18-8-5-9-19-32)33-20-14-17-30(27-33)29-15-6-4-7-16-29/h4-28H,1-3H3. The van der Waals surface area contributed by atoms with Crippen molar-refractivity contribution in [1.82, 2.24) is 4.57 Å². The average Bonchev–Trinajstić information content (AvgIpc) is 3.37. The highest BCUT2D eigenvalue weighted by Gasteiger charge is 2.22. The van der Waals surface area contributed by atoms with E-state index in [0.717, 1.165) is 17.1 Å². The molecular formula is C40H34N2. The van der Waals surface area contributed by atoms with Crippen molar-refractivity contribution in [2.75, 3.05) is 4.90 Å². The van der Waals surface area contributed by atoms with Gasteiger partial charge in [-0.3, -0.25) is 0 Å². The molecular weight excluding hydrogens is 508 g/mol. The van der Waals surface area contributed by atoms with Crippen molar-refractivity contribution in [2.45, 2.75) is 26.3 Å². The summed E-state index contributed by atoms with van der Waals surface area (Å²) in [6.45, 7) is 6.84. The van der Waals surface area contributed by atoms with Crippen LogP contribution in [0.3, 0.4) is 0 Å². The number of nitrogens with zero attached hydrogens (tertiary/aromatic N) is 2. The van der Waals surface area contributed by atoms with Crippen LogP contribution >= 0.6 is 0 Å². The van der Waals surface area contributed by atoms with Gasteiger partial charge in [0.15, 0.2) is 0 Å². The van der Waals surface area contributed by atoms with Gasteiger partial charge in [0.05, 0.1) is 5.69 Å². The predicted molar refractivity (Wildman–Crippen MR) is 180 cm³/mol. The van der Waals surface area contributed by atoms with Crippen LogP contribution in [0.1, 0.15) is 20.8 Å². The molecule has 0 unspecified atom stereocenters. The normalized spacial score (nSPS) is 11.7. The first kappa shape index (κ1) is 25.9. The zero-order valence-corrected chi connectivity index (χ0v) is 24.3. The summed E-state index contributed by atoms with van der Waals surface area (Å²) in [6.07, 6.45) is 0. The van der Waals surface area contributed by atoms with Crippen LogP contribution in [-0.2, 0) is 5.54 Å². The summed E-state index contributed by atoms with van der Waals surface area (Å²) in [5.74, 6) is 0. The lowest BCUT2D eigenvalue weighted by Crippen LogP contribution is -2.21. The largest absolute Gasteiger partial charge is 0.335 e. The van der Waals surface area contributed by atoms with E-state index >= 15 is 0 Å². The number of benzene rings is 6. The average molecular weight is 543 g/mol. The molecule has 0 saturated carbocycles. The Balaban J connectivity index is 1.44. The first-order valence-corrected chi connectivity index (χ1v) is 14.6. The van der Waals surface area contributed by atoms with E-state index in [0.29, 0.717) is 0 Å². The Bertz CT molecular complexity index is 2010. The summed E-state index contributed by atoms with van der Waals surface area (Å²) in [5, 5.41) is 2.57. The highest BCUT2D eigenvalue weighted by molar-refractivity contribution is 6.10. The molecule has 0 atom stereocenters. The van der Waals surface area contributed by atoms with Crippen LogP contribution in [0, 0.1) is 0 Å². The molecule has 7 rings (SSSR count). The van der Waals surface area contributed by atoms with Crippen molar-refractivity contribution >= 4 is 38.9 Å². The number of aromatic nitrogens is 1. The van der Waals surface area contributed by atoms with E-state index in [9.17, 15) is 0 Å². The molecule has 42 heavy (non-hydrogen) atoms. The lowest BCUT2D eigenvalue weighted by molar-refractivity contribution is 0.423. The highest BCUT2D eigenvalue weighted by Crippen LogP contribution is 2.43. The fourth-order valence-corrected chi connectivity index (χ4v) is 6.24. The molecule has 0 saturated heterocycles. The van der Waals surface area contributed by atoms with E-state index in [1.165, 1.54) is 44.1 Å². The Morgan fingerprint density at radius 3 is 1.86 bits per heavy atom. The lowest BCUT2D eigenvalue weighted by Gasteiger charge is -2.28. The third-order valence-electron chi connectivity index (χ3n) is 8.03. The summed E-state index contributed by atoms with van der Waals surface area (Å²) in [4.78, 5) is 2.38. The summed E-state index contributed by atoms with van der Waals surface area (Å²) in [5.41, 5.74) is 10.7. The van der Waals surface area contributed by atoms with Gasteiger partial charge in [0.25, 0.3) is 0 Å². The molecule has 204 valence electrons. The number of anilines is 3. The van der Waals surface area contributed by atoms with Crippen LogP contribution < -0.4 is 4.90 Å². The molecule has 0 aliphatic heterocycles. The molecule has 0 radical (unpaired) electrons. The van der Waals surface area contributed by atoms with Gasteiger partial charge in [-0.25, -0.2) is 0 Å². The number of hydrogen-bond donors (Lipinski definition) is 0. The van der Waals surface area contributed by atoms with Gasteiger partial charge < -0.3 is 9.47 Å². The molecule has 0 spiro atoms. The topological polar surface area (TPSA) is 8.17 Å². The van der Waals surface area contributed by atoms with Crippen LogP contribution in [0.25, 0.3) is 44.1 Å². The number of fused-ring (bicyclic) bond motifs is 3. The molecule has 0 bridgehead atoms. The van der Waals surface area contributed by atoms with Crippen molar-refractivity contribution in [3.05, 3.63) is 152 Å². The third-order valence-corrected chi connectivity index (χ3v) is 8.03. The predicted octanol–water partition coefficient (Wildman–Crippen LogP) is 11.4. The monoisotopic (exact) mass is 542 g/mol. The maximum atomic E-state index is 2.47. The van der Waals surface area contributed by atoms with E-state index in [1.807, 2.05) is 0 Å². The quantitative estimate of drug-likeness (QED) is 0.210. The van der Waals surface area contributed by atoms with Gasteiger partial charge in [-0.2, -0.15) is 0 Å². The summed E-state index contributed by atoms with van der Waals surface area (Å²) in [7, 11) is 0. The highest BCUT2D eigenvalue weighted by atomic mass is 15.1. The Morgan fingerprint density at radius 2 is 1.07 bits per heavy atom. The molecule has 2 heteroatoms. The Hall–Kier alpha value is -5.08. The number of hydrogen-bond acceptors (Lipinski definition) is 1. The SMILES string of the molecule is CC(C)(C)n1c2ccccc2c2cc(-c3ccccc3N(c3ccccc3)c3cccc(-c4ccccc4)c3)ccc21. The van der Waals surface area contributed by atoms with Gasteiger partial charge in [-0.1, -0.05) is 103 Å². The molecule has 0 N–H and O–H groups in total. The first-order chi connectivity index (χ1) is 20.5. The van der Waals surface area contributed by atoms with Crippen molar-refractivity contribution in [2.24, 2.45) is 0 Å².